The van der Waals surface area contributed by atoms with Gasteiger partial charge in [0.1, 0.15) is 6.29 Å². The van der Waals surface area contributed by atoms with Gasteiger partial charge < -0.3 is 20.3 Å². The van der Waals surface area contributed by atoms with Gasteiger partial charge in [0.25, 0.3) is 0 Å². The van der Waals surface area contributed by atoms with Crippen LogP contribution in [0, 0.1) is 11.3 Å². The van der Waals surface area contributed by atoms with Crippen LogP contribution in [0.3, 0.4) is 0 Å². The zero-order valence-corrected chi connectivity index (χ0v) is 16.7. The van der Waals surface area contributed by atoms with Crippen LogP contribution < -0.4 is 10.6 Å². The SMILES string of the molecule is CC(C)C(C)(CC=O)CC(=O)N(C)CCCCCC(=O)NCCNC=O. The molecule has 0 aliphatic carbocycles. The summed E-state index contributed by atoms with van der Waals surface area (Å²) in [5.41, 5.74) is -0.302. The molecule has 7 nitrogen and oxygen atoms in total. The highest BCUT2D eigenvalue weighted by molar-refractivity contribution is 5.77. The molecule has 0 aromatic rings. The maximum atomic E-state index is 12.4. The number of nitrogens with zero attached hydrogens (tertiary/aromatic N) is 1. The van der Waals surface area contributed by atoms with Gasteiger partial charge in [0.2, 0.25) is 18.2 Å². The number of rotatable bonds is 15. The van der Waals surface area contributed by atoms with Crippen molar-refractivity contribution >= 4 is 24.5 Å². The molecule has 0 saturated heterocycles. The van der Waals surface area contributed by atoms with E-state index >= 15 is 0 Å². The second-order valence-electron chi connectivity index (χ2n) is 7.40. The normalized spacial score (nSPS) is 13.0. The Labute approximate surface area is 157 Å². The molecular formula is C19H35N3O4. The van der Waals surface area contributed by atoms with E-state index < -0.39 is 0 Å². The van der Waals surface area contributed by atoms with Crippen LogP contribution in [0.5, 0.6) is 0 Å². The lowest BCUT2D eigenvalue weighted by molar-refractivity contribution is -0.133. The van der Waals surface area contributed by atoms with Crippen molar-refractivity contribution in [3.8, 4) is 0 Å². The van der Waals surface area contributed by atoms with E-state index in [0.29, 0.717) is 45.3 Å². The Balaban J connectivity index is 3.98. The van der Waals surface area contributed by atoms with Gasteiger partial charge in [0.15, 0.2) is 0 Å². The van der Waals surface area contributed by atoms with Crippen LogP contribution in [0.1, 0.15) is 59.3 Å². The first kappa shape index (κ1) is 24.1. The van der Waals surface area contributed by atoms with Gasteiger partial charge in [-0.05, 0) is 24.2 Å². The Morgan fingerprint density at radius 2 is 1.81 bits per heavy atom. The number of aldehydes is 1. The van der Waals surface area contributed by atoms with E-state index in [0.717, 1.165) is 25.5 Å². The van der Waals surface area contributed by atoms with Crippen LogP contribution >= 0.6 is 0 Å². The lowest BCUT2D eigenvalue weighted by atomic mass is 9.74. The molecule has 7 heteroatoms. The predicted molar refractivity (Wildman–Crippen MR) is 101 cm³/mol. The van der Waals surface area contributed by atoms with E-state index in [1.807, 2.05) is 20.8 Å². The van der Waals surface area contributed by atoms with Gasteiger partial charge in [-0.1, -0.05) is 27.2 Å². The molecule has 2 N–H and O–H groups in total. The van der Waals surface area contributed by atoms with Crippen LogP contribution in [0.15, 0.2) is 0 Å². The lowest BCUT2D eigenvalue weighted by Crippen LogP contribution is -2.35. The predicted octanol–water partition coefficient (Wildman–Crippen LogP) is 1.51. The summed E-state index contributed by atoms with van der Waals surface area (Å²) in [6, 6.07) is 0. The maximum Gasteiger partial charge on any atom is 0.222 e. The largest absolute Gasteiger partial charge is 0.357 e. The van der Waals surface area contributed by atoms with Crippen LogP contribution in [0.2, 0.25) is 0 Å². The van der Waals surface area contributed by atoms with E-state index in [2.05, 4.69) is 10.6 Å². The van der Waals surface area contributed by atoms with Crippen LogP contribution in [0.25, 0.3) is 0 Å². The van der Waals surface area contributed by atoms with E-state index in [1.54, 1.807) is 11.9 Å². The van der Waals surface area contributed by atoms with Crippen LogP contribution in [0.4, 0.5) is 0 Å². The summed E-state index contributed by atoms with van der Waals surface area (Å²) < 4.78 is 0. The molecule has 0 rings (SSSR count). The average molecular weight is 370 g/mol. The number of hydrogen-bond donors (Lipinski definition) is 2. The van der Waals surface area contributed by atoms with E-state index in [4.69, 9.17) is 0 Å². The Bertz CT molecular complexity index is 454. The van der Waals surface area contributed by atoms with Crippen LogP contribution in [-0.2, 0) is 19.2 Å². The van der Waals surface area contributed by atoms with Crippen molar-refractivity contribution in [2.24, 2.45) is 11.3 Å². The van der Waals surface area contributed by atoms with Crippen molar-refractivity contribution in [3.05, 3.63) is 0 Å². The molecule has 0 radical (unpaired) electrons. The van der Waals surface area contributed by atoms with Gasteiger partial charge in [0.05, 0.1) is 0 Å². The molecule has 0 aliphatic heterocycles. The molecule has 0 spiro atoms. The zero-order chi connectivity index (χ0) is 20.0. The van der Waals surface area contributed by atoms with Crippen LogP contribution in [-0.4, -0.2) is 56.1 Å². The van der Waals surface area contributed by atoms with Gasteiger partial charge in [-0.25, -0.2) is 0 Å². The molecule has 26 heavy (non-hydrogen) atoms. The highest BCUT2D eigenvalue weighted by Gasteiger charge is 2.31. The highest BCUT2D eigenvalue weighted by Crippen LogP contribution is 2.34. The highest BCUT2D eigenvalue weighted by atomic mass is 16.2. The minimum atomic E-state index is -0.302. The monoisotopic (exact) mass is 369 g/mol. The molecule has 3 amide bonds. The van der Waals surface area contributed by atoms with Gasteiger partial charge in [-0.3, -0.25) is 14.4 Å². The van der Waals surface area contributed by atoms with Crippen molar-refractivity contribution in [1.29, 1.82) is 0 Å². The van der Waals surface area contributed by atoms with E-state index in [1.165, 1.54) is 0 Å². The fraction of sp³-hybridized carbons (Fsp3) is 0.789. The van der Waals surface area contributed by atoms with Crippen molar-refractivity contribution in [1.82, 2.24) is 15.5 Å². The smallest absolute Gasteiger partial charge is 0.222 e. The number of amides is 3. The Kier molecular flexibility index (Phi) is 12.3. The summed E-state index contributed by atoms with van der Waals surface area (Å²) in [5.74, 6) is 0.289. The molecule has 0 aromatic carbocycles. The standard InChI is InChI=1S/C19H35N3O4/c1-16(2)19(3,9-13-23)14-18(26)22(4)12-7-5-6-8-17(25)21-11-10-20-15-24/h13,15-16H,5-12,14H2,1-4H3,(H,20,24)(H,21,25). The maximum absolute atomic E-state index is 12.4. The lowest BCUT2D eigenvalue weighted by Gasteiger charge is -2.33. The number of carbonyl (C=O) groups excluding carboxylic acids is 4. The first-order chi connectivity index (χ1) is 12.3. The van der Waals surface area contributed by atoms with E-state index in [-0.39, 0.29) is 23.1 Å². The quantitative estimate of drug-likeness (QED) is 0.338. The first-order valence-electron chi connectivity index (χ1n) is 9.38. The van der Waals surface area contributed by atoms with Crippen molar-refractivity contribution in [2.75, 3.05) is 26.7 Å². The van der Waals surface area contributed by atoms with Gasteiger partial charge in [-0.15, -0.1) is 0 Å². The Morgan fingerprint density at radius 1 is 1.12 bits per heavy atom. The molecule has 150 valence electrons. The third-order valence-electron chi connectivity index (χ3n) is 5.00. The van der Waals surface area contributed by atoms with Gasteiger partial charge >= 0.3 is 0 Å². The topological polar surface area (TPSA) is 95.6 Å². The summed E-state index contributed by atoms with van der Waals surface area (Å²) in [4.78, 5) is 46.7. The molecule has 0 heterocycles. The first-order valence-corrected chi connectivity index (χ1v) is 9.38. The third kappa shape index (κ3) is 10.2. The van der Waals surface area contributed by atoms with Crippen molar-refractivity contribution < 1.29 is 19.2 Å². The molecule has 1 unspecified atom stereocenters. The average Bonchev–Trinajstić information content (AvgIpc) is 2.58. The second-order valence-corrected chi connectivity index (χ2v) is 7.40. The summed E-state index contributed by atoms with van der Waals surface area (Å²) in [6.07, 6.45) is 5.19. The molecule has 0 saturated carbocycles. The summed E-state index contributed by atoms with van der Waals surface area (Å²) in [5, 5.41) is 5.21. The number of carbonyl (C=O) groups is 4. The van der Waals surface area contributed by atoms with Crippen molar-refractivity contribution in [2.45, 2.75) is 59.3 Å². The minimum absolute atomic E-state index is 0.0244. The van der Waals surface area contributed by atoms with Gasteiger partial charge in [0, 0.05) is 45.9 Å². The van der Waals surface area contributed by atoms with Crippen molar-refractivity contribution in [3.63, 3.8) is 0 Å². The van der Waals surface area contributed by atoms with E-state index in [9.17, 15) is 19.2 Å². The number of nitrogens with one attached hydrogen (secondary N) is 2. The Hall–Kier alpha value is -1.92. The molecule has 0 bridgehead atoms. The summed E-state index contributed by atoms with van der Waals surface area (Å²) >= 11 is 0. The molecule has 0 fully saturated rings. The second kappa shape index (κ2) is 13.3. The Morgan fingerprint density at radius 3 is 2.38 bits per heavy atom. The fourth-order valence-electron chi connectivity index (χ4n) is 2.54. The molecule has 0 aliphatic rings. The number of hydrogen-bond acceptors (Lipinski definition) is 4. The molecule has 1 atom stereocenters. The van der Waals surface area contributed by atoms with Gasteiger partial charge in [-0.2, -0.15) is 0 Å². The minimum Gasteiger partial charge on any atom is -0.357 e. The zero-order valence-electron chi connectivity index (χ0n) is 16.7. The fourth-order valence-corrected chi connectivity index (χ4v) is 2.54. The summed E-state index contributed by atoms with van der Waals surface area (Å²) in [6.45, 7) is 7.58. The summed E-state index contributed by atoms with van der Waals surface area (Å²) in [7, 11) is 1.79. The third-order valence-corrected chi connectivity index (χ3v) is 5.00. The molecular weight excluding hydrogens is 334 g/mol. The molecule has 0 aromatic heterocycles. The number of unbranched alkanes of at least 4 members (excludes halogenated alkanes) is 2.